The van der Waals surface area contributed by atoms with E-state index in [1.54, 1.807) is 0 Å². The van der Waals surface area contributed by atoms with Gasteiger partial charge in [-0.05, 0) is 42.7 Å². The van der Waals surface area contributed by atoms with Gasteiger partial charge in [0.25, 0.3) is 0 Å². The first kappa shape index (κ1) is 13.0. The highest BCUT2D eigenvalue weighted by Gasteiger charge is 2.21. The molecule has 0 aliphatic carbocycles. The zero-order valence-electron chi connectivity index (χ0n) is 12.1. The zero-order valence-corrected chi connectivity index (χ0v) is 12.1. The van der Waals surface area contributed by atoms with Crippen LogP contribution in [0.25, 0.3) is 0 Å². The molecular weight excluding hydrogens is 248 g/mol. The van der Waals surface area contributed by atoms with Gasteiger partial charge in [0.15, 0.2) is 0 Å². The van der Waals surface area contributed by atoms with E-state index in [-0.39, 0.29) is 0 Å². The maximum absolute atomic E-state index is 5.95. The summed E-state index contributed by atoms with van der Waals surface area (Å²) in [6.07, 6.45) is 2.22. The molecule has 3 rings (SSSR count). The number of benzene rings is 2. The molecule has 0 aromatic heterocycles. The van der Waals surface area contributed by atoms with Crippen molar-refractivity contribution in [3.8, 4) is 11.5 Å². The summed E-state index contributed by atoms with van der Waals surface area (Å²) < 4.78 is 11.4. The summed E-state index contributed by atoms with van der Waals surface area (Å²) in [4.78, 5) is 0. The van der Waals surface area contributed by atoms with Crippen LogP contribution in [0.1, 0.15) is 30.5 Å². The SMILES string of the molecule is CCOc1ccc(Cc2cccc3c2OC(C)C3)cc1. The Hall–Kier alpha value is -1.96. The van der Waals surface area contributed by atoms with Gasteiger partial charge in [0, 0.05) is 12.8 Å². The Kier molecular flexibility index (Phi) is 3.64. The Labute approximate surface area is 120 Å². The Balaban J connectivity index is 1.80. The van der Waals surface area contributed by atoms with E-state index in [1.165, 1.54) is 16.7 Å². The Morgan fingerprint density at radius 3 is 2.70 bits per heavy atom. The Morgan fingerprint density at radius 1 is 1.15 bits per heavy atom. The van der Waals surface area contributed by atoms with Crippen molar-refractivity contribution in [3.63, 3.8) is 0 Å². The van der Waals surface area contributed by atoms with Gasteiger partial charge in [0.2, 0.25) is 0 Å². The van der Waals surface area contributed by atoms with Crippen LogP contribution >= 0.6 is 0 Å². The van der Waals surface area contributed by atoms with Crippen molar-refractivity contribution in [1.82, 2.24) is 0 Å². The van der Waals surface area contributed by atoms with Gasteiger partial charge in [-0.1, -0.05) is 30.3 Å². The predicted octanol–water partition coefficient (Wildman–Crippen LogP) is 4.00. The molecule has 1 atom stereocenters. The monoisotopic (exact) mass is 268 g/mol. The van der Waals surface area contributed by atoms with Gasteiger partial charge in [-0.2, -0.15) is 0 Å². The van der Waals surface area contributed by atoms with Crippen LogP contribution in [0.5, 0.6) is 11.5 Å². The molecule has 104 valence electrons. The summed E-state index contributed by atoms with van der Waals surface area (Å²) in [7, 11) is 0. The average molecular weight is 268 g/mol. The van der Waals surface area contributed by atoms with Crippen LogP contribution in [0, 0.1) is 0 Å². The van der Waals surface area contributed by atoms with Crippen LogP contribution in [0.3, 0.4) is 0 Å². The van der Waals surface area contributed by atoms with E-state index >= 15 is 0 Å². The highest BCUT2D eigenvalue weighted by Crippen LogP contribution is 2.33. The number of fused-ring (bicyclic) bond motifs is 1. The van der Waals surface area contributed by atoms with Crippen LogP contribution in [0.4, 0.5) is 0 Å². The molecule has 2 aromatic carbocycles. The molecule has 0 bridgehead atoms. The summed E-state index contributed by atoms with van der Waals surface area (Å²) in [6.45, 7) is 4.83. The molecule has 1 aliphatic heterocycles. The lowest BCUT2D eigenvalue weighted by Gasteiger charge is -2.10. The van der Waals surface area contributed by atoms with Crippen molar-refractivity contribution in [1.29, 1.82) is 0 Å². The molecule has 1 unspecified atom stereocenters. The molecule has 2 aromatic rings. The largest absolute Gasteiger partial charge is 0.494 e. The molecule has 20 heavy (non-hydrogen) atoms. The highest BCUT2D eigenvalue weighted by molar-refractivity contribution is 5.47. The second-order valence-corrected chi connectivity index (χ2v) is 5.29. The molecule has 0 amide bonds. The molecule has 0 radical (unpaired) electrons. The third-order valence-electron chi connectivity index (χ3n) is 3.63. The maximum atomic E-state index is 5.95. The third-order valence-corrected chi connectivity index (χ3v) is 3.63. The van der Waals surface area contributed by atoms with Gasteiger partial charge in [-0.25, -0.2) is 0 Å². The predicted molar refractivity (Wildman–Crippen MR) is 80.7 cm³/mol. The van der Waals surface area contributed by atoms with Crippen LogP contribution in [-0.4, -0.2) is 12.7 Å². The minimum Gasteiger partial charge on any atom is -0.494 e. The van der Waals surface area contributed by atoms with E-state index in [1.807, 2.05) is 19.1 Å². The smallest absolute Gasteiger partial charge is 0.126 e. The van der Waals surface area contributed by atoms with Crippen LogP contribution in [-0.2, 0) is 12.8 Å². The average Bonchev–Trinajstić information content (AvgIpc) is 2.83. The van der Waals surface area contributed by atoms with Gasteiger partial charge < -0.3 is 9.47 Å². The van der Waals surface area contributed by atoms with Crippen molar-refractivity contribution < 1.29 is 9.47 Å². The van der Waals surface area contributed by atoms with E-state index in [0.717, 1.165) is 24.3 Å². The van der Waals surface area contributed by atoms with Gasteiger partial charge in [0.05, 0.1) is 6.61 Å². The number of ether oxygens (including phenoxy) is 2. The summed E-state index contributed by atoms with van der Waals surface area (Å²) in [5.74, 6) is 2.02. The topological polar surface area (TPSA) is 18.5 Å². The number of para-hydroxylation sites is 1. The number of hydrogen-bond donors (Lipinski definition) is 0. The summed E-state index contributed by atoms with van der Waals surface area (Å²) >= 11 is 0. The molecule has 2 nitrogen and oxygen atoms in total. The summed E-state index contributed by atoms with van der Waals surface area (Å²) in [5, 5.41) is 0. The first-order chi connectivity index (χ1) is 9.76. The van der Waals surface area contributed by atoms with Crippen molar-refractivity contribution in [2.75, 3.05) is 6.61 Å². The fourth-order valence-electron chi connectivity index (χ4n) is 2.73. The molecule has 0 saturated heterocycles. The molecule has 0 N–H and O–H groups in total. The minimum absolute atomic E-state index is 0.298. The van der Waals surface area contributed by atoms with Crippen molar-refractivity contribution in [2.45, 2.75) is 32.8 Å². The standard InChI is InChI=1S/C18H20O2/c1-3-19-17-9-7-14(8-10-17)12-16-6-4-5-15-11-13(2)20-18(15)16/h4-10,13H,3,11-12H2,1-2H3. The van der Waals surface area contributed by atoms with Crippen LogP contribution in [0.2, 0.25) is 0 Å². The normalized spacial score (nSPS) is 16.6. The lowest BCUT2D eigenvalue weighted by atomic mass is 10.0. The molecule has 0 spiro atoms. The highest BCUT2D eigenvalue weighted by atomic mass is 16.5. The second-order valence-electron chi connectivity index (χ2n) is 5.29. The van der Waals surface area contributed by atoms with Crippen LogP contribution < -0.4 is 9.47 Å². The molecule has 2 heteroatoms. The fourth-order valence-corrected chi connectivity index (χ4v) is 2.73. The first-order valence-corrected chi connectivity index (χ1v) is 7.25. The first-order valence-electron chi connectivity index (χ1n) is 7.25. The van der Waals surface area contributed by atoms with Gasteiger partial charge >= 0.3 is 0 Å². The Morgan fingerprint density at radius 2 is 1.95 bits per heavy atom. The molecular formula is C18H20O2. The van der Waals surface area contributed by atoms with E-state index in [2.05, 4.69) is 37.3 Å². The summed E-state index contributed by atoms with van der Waals surface area (Å²) in [6, 6.07) is 14.8. The molecule has 1 aliphatic rings. The van der Waals surface area contributed by atoms with Gasteiger partial charge in [-0.3, -0.25) is 0 Å². The molecule has 0 saturated carbocycles. The van der Waals surface area contributed by atoms with E-state index in [0.29, 0.717) is 12.7 Å². The second kappa shape index (κ2) is 5.58. The van der Waals surface area contributed by atoms with E-state index in [4.69, 9.17) is 9.47 Å². The van der Waals surface area contributed by atoms with Crippen LogP contribution in [0.15, 0.2) is 42.5 Å². The van der Waals surface area contributed by atoms with Gasteiger partial charge in [0.1, 0.15) is 17.6 Å². The molecule has 0 fully saturated rings. The lowest BCUT2D eigenvalue weighted by molar-refractivity contribution is 0.253. The van der Waals surface area contributed by atoms with Crippen molar-refractivity contribution in [2.24, 2.45) is 0 Å². The number of hydrogen-bond acceptors (Lipinski definition) is 2. The third kappa shape index (κ3) is 2.64. The zero-order chi connectivity index (χ0) is 13.9. The van der Waals surface area contributed by atoms with Gasteiger partial charge in [-0.15, -0.1) is 0 Å². The Bertz CT molecular complexity index is 587. The van der Waals surface area contributed by atoms with E-state index in [9.17, 15) is 0 Å². The fraction of sp³-hybridized carbons (Fsp3) is 0.333. The maximum Gasteiger partial charge on any atom is 0.126 e. The summed E-state index contributed by atoms with van der Waals surface area (Å²) in [5.41, 5.74) is 3.89. The quantitative estimate of drug-likeness (QED) is 0.834. The van der Waals surface area contributed by atoms with E-state index < -0.39 is 0 Å². The van der Waals surface area contributed by atoms with Crippen molar-refractivity contribution >= 4 is 0 Å². The van der Waals surface area contributed by atoms with Crippen molar-refractivity contribution in [3.05, 3.63) is 59.2 Å². The molecule has 1 heterocycles. The minimum atomic E-state index is 0.298. The number of rotatable bonds is 4. The lowest BCUT2D eigenvalue weighted by Crippen LogP contribution is -2.06.